The van der Waals surface area contributed by atoms with Crippen molar-refractivity contribution < 1.29 is 9.59 Å². The molecule has 1 atom stereocenters. The van der Waals surface area contributed by atoms with E-state index in [0.29, 0.717) is 19.4 Å². The van der Waals surface area contributed by atoms with Crippen molar-refractivity contribution in [1.82, 2.24) is 5.32 Å². The molecule has 1 aromatic rings. The van der Waals surface area contributed by atoms with Gasteiger partial charge in [0.25, 0.3) is 5.91 Å². The second-order valence-electron chi connectivity index (χ2n) is 5.18. The van der Waals surface area contributed by atoms with Crippen LogP contribution < -0.4 is 15.9 Å². The first-order chi connectivity index (χ1) is 9.52. The number of nitrogens with zero attached hydrogens (tertiary/aromatic N) is 1. The SMILES string of the molecule is CCC(=O)NCCC1C=c2c(C)ccc(C)c2=NC1=O. The van der Waals surface area contributed by atoms with Crippen LogP contribution in [0.15, 0.2) is 17.1 Å². The van der Waals surface area contributed by atoms with Crippen LogP contribution in [0.2, 0.25) is 0 Å². The van der Waals surface area contributed by atoms with Crippen molar-refractivity contribution in [3.63, 3.8) is 0 Å². The van der Waals surface area contributed by atoms with Gasteiger partial charge in [-0.15, -0.1) is 0 Å². The summed E-state index contributed by atoms with van der Waals surface area (Å²) < 4.78 is 0. The van der Waals surface area contributed by atoms with Crippen LogP contribution in [0.25, 0.3) is 6.08 Å². The maximum atomic E-state index is 12.1. The highest BCUT2D eigenvalue weighted by atomic mass is 16.2. The van der Waals surface area contributed by atoms with Gasteiger partial charge in [-0.05, 0) is 31.4 Å². The zero-order valence-corrected chi connectivity index (χ0v) is 12.2. The molecule has 1 aliphatic rings. The maximum absolute atomic E-state index is 12.1. The van der Waals surface area contributed by atoms with Gasteiger partial charge in [0.2, 0.25) is 5.91 Å². The smallest absolute Gasteiger partial charge is 0.253 e. The van der Waals surface area contributed by atoms with Crippen LogP contribution in [0.5, 0.6) is 0 Å². The highest BCUT2D eigenvalue weighted by molar-refractivity contribution is 5.86. The van der Waals surface area contributed by atoms with Crippen molar-refractivity contribution in [2.45, 2.75) is 33.6 Å². The Labute approximate surface area is 118 Å². The fraction of sp³-hybridized carbons (Fsp3) is 0.438. The number of benzene rings is 1. The Balaban J connectivity index is 2.22. The number of carbonyl (C=O) groups is 2. The average Bonchev–Trinajstić information content (AvgIpc) is 2.44. The molecule has 0 saturated carbocycles. The molecule has 1 aliphatic heterocycles. The Bertz CT molecular complexity index is 662. The normalized spacial score (nSPS) is 16.9. The third kappa shape index (κ3) is 2.95. The highest BCUT2D eigenvalue weighted by Crippen LogP contribution is 2.09. The summed E-state index contributed by atoms with van der Waals surface area (Å²) >= 11 is 0. The van der Waals surface area contributed by atoms with Crippen molar-refractivity contribution in [2.24, 2.45) is 10.9 Å². The first-order valence-electron chi connectivity index (χ1n) is 7.00. The maximum Gasteiger partial charge on any atom is 0.253 e. The second-order valence-corrected chi connectivity index (χ2v) is 5.18. The molecule has 20 heavy (non-hydrogen) atoms. The van der Waals surface area contributed by atoms with Crippen LogP contribution >= 0.6 is 0 Å². The van der Waals surface area contributed by atoms with E-state index in [1.807, 2.05) is 39.0 Å². The molecule has 1 unspecified atom stereocenters. The number of rotatable bonds is 4. The first kappa shape index (κ1) is 14.4. The van der Waals surface area contributed by atoms with E-state index in [0.717, 1.165) is 21.7 Å². The van der Waals surface area contributed by atoms with E-state index in [-0.39, 0.29) is 17.7 Å². The van der Waals surface area contributed by atoms with Crippen LogP contribution in [-0.2, 0) is 9.59 Å². The lowest BCUT2D eigenvalue weighted by Gasteiger charge is -2.14. The molecular weight excluding hydrogens is 252 g/mol. The number of fused-ring (bicyclic) bond motifs is 1. The van der Waals surface area contributed by atoms with Crippen LogP contribution in [0.4, 0.5) is 0 Å². The minimum absolute atomic E-state index is 0.0117. The first-order valence-corrected chi connectivity index (χ1v) is 7.00. The van der Waals surface area contributed by atoms with E-state index in [9.17, 15) is 9.59 Å². The zero-order chi connectivity index (χ0) is 14.7. The van der Waals surface area contributed by atoms with E-state index >= 15 is 0 Å². The van der Waals surface area contributed by atoms with Crippen molar-refractivity contribution in [2.75, 3.05) is 6.54 Å². The van der Waals surface area contributed by atoms with Gasteiger partial charge in [-0.3, -0.25) is 9.59 Å². The standard InChI is InChI=1S/C16H20N2O2/c1-4-14(19)17-8-7-12-9-13-10(2)5-6-11(3)15(13)18-16(12)20/h5-6,9,12H,4,7-8H2,1-3H3,(H,17,19). The summed E-state index contributed by atoms with van der Waals surface area (Å²) in [5, 5.41) is 4.64. The lowest BCUT2D eigenvalue weighted by molar-refractivity contribution is -0.122. The highest BCUT2D eigenvalue weighted by Gasteiger charge is 2.19. The second kappa shape index (κ2) is 5.99. The van der Waals surface area contributed by atoms with E-state index in [2.05, 4.69) is 10.3 Å². The zero-order valence-electron chi connectivity index (χ0n) is 12.2. The summed E-state index contributed by atoms with van der Waals surface area (Å²) in [4.78, 5) is 27.5. The molecule has 0 radical (unpaired) electrons. The molecule has 0 spiro atoms. The summed E-state index contributed by atoms with van der Waals surface area (Å²) in [5.41, 5.74) is 2.15. The van der Waals surface area contributed by atoms with E-state index in [4.69, 9.17) is 0 Å². The van der Waals surface area contributed by atoms with Crippen molar-refractivity contribution >= 4 is 17.9 Å². The van der Waals surface area contributed by atoms with E-state index in [1.54, 1.807) is 0 Å². The Morgan fingerprint density at radius 1 is 1.30 bits per heavy atom. The summed E-state index contributed by atoms with van der Waals surface area (Å²) in [6.07, 6.45) is 3.06. The van der Waals surface area contributed by atoms with Crippen LogP contribution in [0, 0.1) is 19.8 Å². The van der Waals surface area contributed by atoms with Gasteiger partial charge in [-0.1, -0.05) is 25.1 Å². The molecule has 0 saturated heterocycles. The van der Waals surface area contributed by atoms with Crippen molar-refractivity contribution in [1.29, 1.82) is 0 Å². The summed E-state index contributed by atoms with van der Waals surface area (Å²) in [6.45, 7) is 6.31. The number of carbonyl (C=O) groups excluding carboxylic acids is 2. The van der Waals surface area contributed by atoms with Crippen molar-refractivity contribution in [3.8, 4) is 0 Å². The Kier molecular flexibility index (Phi) is 4.32. The van der Waals surface area contributed by atoms with Gasteiger partial charge in [0, 0.05) is 18.2 Å². The molecule has 0 aliphatic carbocycles. The molecule has 0 fully saturated rings. The minimum atomic E-state index is -0.236. The molecule has 4 nitrogen and oxygen atoms in total. The molecule has 2 rings (SSSR count). The third-order valence-electron chi connectivity index (χ3n) is 3.64. The predicted molar refractivity (Wildman–Crippen MR) is 77.6 cm³/mol. The number of amides is 2. The largest absolute Gasteiger partial charge is 0.356 e. The van der Waals surface area contributed by atoms with Crippen LogP contribution in [0.1, 0.15) is 30.9 Å². The minimum Gasteiger partial charge on any atom is -0.356 e. The number of hydrogen-bond donors (Lipinski definition) is 1. The Morgan fingerprint density at radius 2 is 2.00 bits per heavy atom. The molecule has 1 aromatic carbocycles. The lowest BCUT2D eigenvalue weighted by Crippen LogP contribution is -2.38. The number of aryl methyl sites for hydroxylation is 2. The van der Waals surface area contributed by atoms with Crippen LogP contribution in [0.3, 0.4) is 0 Å². The van der Waals surface area contributed by atoms with Gasteiger partial charge in [0.15, 0.2) is 0 Å². The summed E-state index contributed by atoms with van der Waals surface area (Å²) in [6, 6.07) is 4.03. The molecule has 1 N–H and O–H groups in total. The average molecular weight is 272 g/mol. The van der Waals surface area contributed by atoms with Crippen molar-refractivity contribution in [3.05, 3.63) is 33.8 Å². The summed E-state index contributed by atoms with van der Waals surface area (Å²) in [7, 11) is 0. The molecule has 0 aromatic heterocycles. The molecular formula is C16H20N2O2. The topological polar surface area (TPSA) is 58.5 Å². The molecule has 106 valence electrons. The third-order valence-corrected chi connectivity index (χ3v) is 3.64. The number of hydrogen-bond acceptors (Lipinski definition) is 2. The van der Waals surface area contributed by atoms with Gasteiger partial charge in [-0.25, -0.2) is 4.99 Å². The monoisotopic (exact) mass is 272 g/mol. The van der Waals surface area contributed by atoms with E-state index < -0.39 is 0 Å². The predicted octanol–water partition coefficient (Wildman–Crippen LogP) is 0.776. The van der Waals surface area contributed by atoms with Gasteiger partial charge < -0.3 is 5.32 Å². The fourth-order valence-corrected chi connectivity index (χ4v) is 2.34. The lowest BCUT2D eigenvalue weighted by atomic mass is 9.97. The van der Waals surface area contributed by atoms with Gasteiger partial charge >= 0.3 is 0 Å². The van der Waals surface area contributed by atoms with Crippen LogP contribution in [-0.4, -0.2) is 18.4 Å². The van der Waals surface area contributed by atoms with Gasteiger partial charge in [-0.2, -0.15) is 0 Å². The molecule has 4 heteroatoms. The van der Waals surface area contributed by atoms with Gasteiger partial charge in [0.1, 0.15) is 0 Å². The van der Waals surface area contributed by atoms with E-state index in [1.165, 1.54) is 0 Å². The quantitative estimate of drug-likeness (QED) is 0.880. The molecule has 0 bridgehead atoms. The number of nitrogens with one attached hydrogen (secondary N) is 1. The Morgan fingerprint density at radius 3 is 2.70 bits per heavy atom. The molecule has 1 heterocycles. The fourth-order valence-electron chi connectivity index (χ4n) is 2.34. The summed E-state index contributed by atoms with van der Waals surface area (Å²) in [5.74, 6) is -0.338. The molecule has 2 amide bonds. The Hall–Kier alpha value is -1.97. The van der Waals surface area contributed by atoms with Gasteiger partial charge in [0.05, 0.1) is 11.3 Å².